The van der Waals surface area contributed by atoms with Crippen molar-refractivity contribution in [3.05, 3.63) is 70.7 Å². The van der Waals surface area contributed by atoms with Gasteiger partial charge in [-0.3, -0.25) is 4.79 Å². The van der Waals surface area contributed by atoms with Crippen molar-refractivity contribution < 1.29 is 4.79 Å². The average Bonchev–Trinajstić information content (AvgIpc) is 2.39. The Balaban J connectivity index is 2.23. The number of benzene rings is 2. The third-order valence-corrected chi connectivity index (χ3v) is 2.82. The summed E-state index contributed by atoms with van der Waals surface area (Å²) in [6.45, 7) is 0. The maximum absolute atomic E-state index is 12.1. The molecule has 3 heteroatoms. The smallest absolute Gasteiger partial charge is 0.184 e. The van der Waals surface area contributed by atoms with Gasteiger partial charge in [0.1, 0.15) is 0 Å². The average molecular weight is 246 g/mol. The van der Waals surface area contributed by atoms with E-state index >= 15 is 0 Å². The number of halogens is 1. The van der Waals surface area contributed by atoms with Gasteiger partial charge in [-0.15, -0.1) is 0 Å². The van der Waals surface area contributed by atoms with Crippen LogP contribution in [0, 0.1) is 0 Å². The van der Waals surface area contributed by atoms with Gasteiger partial charge in [0.05, 0.1) is 6.04 Å². The van der Waals surface area contributed by atoms with Crippen molar-refractivity contribution in [1.29, 1.82) is 0 Å². The van der Waals surface area contributed by atoms with Crippen molar-refractivity contribution in [1.82, 2.24) is 0 Å². The fourth-order valence-corrected chi connectivity index (χ4v) is 1.73. The number of hydrogen-bond donors (Lipinski definition) is 1. The Morgan fingerprint density at radius 3 is 2.18 bits per heavy atom. The van der Waals surface area contributed by atoms with Gasteiger partial charge in [-0.2, -0.15) is 0 Å². The molecule has 0 saturated heterocycles. The molecule has 0 spiro atoms. The fourth-order valence-electron chi connectivity index (χ4n) is 1.60. The molecule has 2 aromatic rings. The van der Waals surface area contributed by atoms with Gasteiger partial charge in [0.25, 0.3) is 0 Å². The second-order valence-corrected chi connectivity index (χ2v) is 4.20. The molecule has 1 atom stereocenters. The number of rotatable bonds is 3. The summed E-state index contributed by atoms with van der Waals surface area (Å²) in [5.74, 6) is -0.0899. The van der Waals surface area contributed by atoms with Crippen LogP contribution in [0.25, 0.3) is 0 Å². The molecule has 0 aliphatic rings. The summed E-state index contributed by atoms with van der Waals surface area (Å²) in [4.78, 5) is 12.1. The predicted octanol–water partition coefficient (Wildman–Crippen LogP) is 3.22. The van der Waals surface area contributed by atoms with Gasteiger partial charge in [0, 0.05) is 10.6 Å². The summed E-state index contributed by atoms with van der Waals surface area (Å²) in [6.07, 6.45) is 0. The van der Waals surface area contributed by atoms with Gasteiger partial charge in [-0.1, -0.05) is 54.1 Å². The summed E-state index contributed by atoms with van der Waals surface area (Å²) in [5.41, 5.74) is 7.32. The van der Waals surface area contributed by atoms with Crippen molar-refractivity contribution in [2.75, 3.05) is 0 Å². The van der Waals surface area contributed by atoms with E-state index in [0.29, 0.717) is 10.6 Å². The molecule has 2 aromatic carbocycles. The standard InChI is InChI=1S/C14H12ClNO/c15-12-8-6-10(7-9-12)13(16)14(17)11-4-2-1-3-5-11/h1-9,13H,16H2. The largest absolute Gasteiger partial charge is 0.318 e. The molecule has 0 bridgehead atoms. The Labute approximate surface area is 105 Å². The first-order valence-corrected chi connectivity index (χ1v) is 5.66. The van der Waals surface area contributed by atoms with E-state index in [1.807, 2.05) is 18.2 Å². The highest BCUT2D eigenvalue weighted by molar-refractivity contribution is 6.30. The zero-order chi connectivity index (χ0) is 12.3. The molecule has 0 radical (unpaired) electrons. The summed E-state index contributed by atoms with van der Waals surface area (Å²) in [6, 6.07) is 15.4. The molecule has 0 fully saturated rings. The van der Waals surface area contributed by atoms with Gasteiger partial charge in [-0.25, -0.2) is 0 Å². The molecule has 0 aliphatic carbocycles. The summed E-state index contributed by atoms with van der Waals surface area (Å²) >= 11 is 5.79. The molecule has 86 valence electrons. The lowest BCUT2D eigenvalue weighted by molar-refractivity contribution is 0.0961. The Kier molecular flexibility index (Phi) is 3.57. The van der Waals surface area contributed by atoms with Crippen molar-refractivity contribution in [3.63, 3.8) is 0 Å². The molecule has 1 unspecified atom stereocenters. The van der Waals surface area contributed by atoms with Crippen molar-refractivity contribution in [3.8, 4) is 0 Å². The third-order valence-electron chi connectivity index (χ3n) is 2.57. The van der Waals surface area contributed by atoms with E-state index in [4.69, 9.17) is 17.3 Å². The van der Waals surface area contributed by atoms with Crippen LogP contribution in [0.15, 0.2) is 54.6 Å². The molecule has 0 heterocycles. The predicted molar refractivity (Wildman–Crippen MR) is 69.2 cm³/mol. The lowest BCUT2D eigenvalue weighted by Gasteiger charge is -2.10. The van der Waals surface area contributed by atoms with Gasteiger partial charge < -0.3 is 5.73 Å². The van der Waals surface area contributed by atoms with Crippen LogP contribution in [0.2, 0.25) is 5.02 Å². The van der Waals surface area contributed by atoms with E-state index in [9.17, 15) is 4.79 Å². The zero-order valence-corrected chi connectivity index (χ0v) is 9.89. The molecule has 2 nitrogen and oxygen atoms in total. The maximum Gasteiger partial charge on any atom is 0.184 e. The van der Waals surface area contributed by atoms with Crippen LogP contribution >= 0.6 is 11.6 Å². The number of carbonyl (C=O) groups excluding carboxylic acids is 1. The van der Waals surface area contributed by atoms with Crippen LogP contribution in [0.3, 0.4) is 0 Å². The molecule has 17 heavy (non-hydrogen) atoms. The van der Waals surface area contributed by atoms with E-state index in [1.54, 1.807) is 36.4 Å². The van der Waals surface area contributed by atoms with E-state index in [0.717, 1.165) is 5.56 Å². The van der Waals surface area contributed by atoms with Crippen LogP contribution < -0.4 is 5.73 Å². The van der Waals surface area contributed by atoms with Crippen LogP contribution in [-0.4, -0.2) is 5.78 Å². The van der Waals surface area contributed by atoms with E-state index in [-0.39, 0.29) is 5.78 Å². The highest BCUT2D eigenvalue weighted by atomic mass is 35.5. The Bertz CT molecular complexity index is 508. The number of Topliss-reactive ketones (excluding diaryl/α,β-unsaturated/α-hetero) is 1. The Morgan fingerprint density at radius 1 is 1.00 bits per heavy atom. The van der Waals surface area contributed by atoms with Crippen LogP contribution in [0.5, 0.6) is 0 Å². The first kappa shape index (κ1) is 11.8. The minimum Gasteiger partial charge on any atom is -0.318 e. The number of hydrogen-bond acceptors (Lipinski definition) is 2. The van der Waals surface area contributed by atoms with E-state index in [2.05, 4.69) is 0 Å². The topological polar surface area (TPSA) is 43.1 Å². The van der Waals surface area contributed by atoms with Gasteiger partial charge >= 0.3 is 0 Å². The molecular weight excluding hydrogens is 234 g/mol. The lowest BCUT2D eigenvalue weighted by Crippen LogP contribution is -2.21. The summed E-state index contributed by atoms with van der Waals surface area (Å²) in [7, 11) is 0. The van der Waals surface area contributed by atoms with Crippen LogP contribution in [-0.2, 0) is 0 Å². The number of nitrogens with two attached hydrogens (primary N) is 1. The maximum atomic E-state index is 12.1. The normalized spacial score (nSPS) is 12.1. The lowest BCUT2D eigenvalue weighted by atomic mass is 9.98. The third kappa shape index (κ3) is 2.73. The number of carbonyl (C=O) groups is 1. The van der Waals surface area contributed by atoms with Gasteiger partial charge in [0.15, 0.2) is 5.78 Å². The molecule has 2 N–H and O–H groups in total. The fraction of sp³-hybridized carbons (Fsp3) is 0.0714. The van der Waals surface area contributed by atoms with Crippen LogP contribution in [0.1, 0.15) is 22.0 Å². The molecule has 0 amide bonds. The highest BCUT2D eigenvalue weighted by Gasteiger charge is 2.16. The SMILES string of the molecule is NC(C(=O)c1ccccc1)c1ccc(Cl)cc1. The summed E-state index contributed by atoms with van der Waals surface area (Å²) in [5, 5.41) is 0.633. The van der Waals surface area contributed by atoms with Gasteiger partial charge in [0.2, 0.25) is 0 Å². The second-order valence-electron chi connectivity index (χ2n) is 3.76. The Morgan fingerprint density at radius 2 is 1.59 bits per heavy atom. The van der Waals surface area contributed by atoms with E-state index in [1.165, 1.54) is 0 Å². The highest BCUT2D eigenvalue weighted by Crippen LogP contribution is 2.18. The van der Waals surface area contributed by atoms with E-state index < -0.39 is 6.04 Å². The van der Waals surface area contributed by atoms with Crippen molar-refractivity contribution >= 4 is 17.4 Å². The molecular formula is C14H12ClNO. The summed E-state index contributed by atoms with van der Waals surface area (Å²) < 4.78 is 0. The quantitative estimate of drug-likeness (QED) is 0.844. The number of ketones is 1. The van der Waals surface area contributed by atoms with Crippen molar-refractivity contribution in [2.45, 2.75) is 6.04 Å². The molecule has 0 aliphatic heterocycles. The van der Waals surface area contributed by atoms with Gasteiger partial charge in [-0.05, 0) is 17.7 Å². The molecule has 0 aromatic heterocycles. The first-order valence-electron chi connectivity index (χ1n) is 5.29. The minimum absolute atomic E-state index is 0.0899. The monoisotopic (exact) mass is 245 g/mol. The second kappa shape index (κ2) is 5.13. The van der Waals surface area contributed by atoms with Crippen molar-refractivity contribution in [2.24, 2.45) is 5.73 Å². The van der Waals surface area contributed by atoms with Crippen LogP contribution in [0.4, 0.5) is 0 Å². The Hall–Kier alpha value is -1.64. The molecule has 0 saturated carbocycles. The first-order chi connectivity index (χ1) is 8.18. The zero-order valence-electron chi connectivity index (χ0n) is 9.14. The molecule has 2 rings (SSSR count). The minimum atomic E-state index is -0.644.